The van der Waals surface area contributed by atoms with Crippen molar-refractivity contribution in [2.24, 2.45) is 5.73 Å². The molecule has 2 aromatic rings. The first-order chi connectivity index (χ1) is 11.7. The summed E-state index contributed by atoms with van der Waals surface area (Å²) >= 11 is 0. The summed E-state index contributed by atoms with van der Waals surface area (Å²) in [7, 11) is 4.23. The molecule has 0 amide bonds. The van der Waals surface area contributed by atoms with E-state index in [2.05, 4.69) is 42.1 Å². The van der Waals surface area contributed by atoms with Crippen molar-refractivity contribution >= 4 is 0 Å². The van der Waals surface area contributed by atoms with Gasteiger partial charge in [-0.1, -0.05) is 24.3 Å². The molecule has 2 N–H and O–H groups in total. The maximum absolute atomic E-state index is 6.08. The molecule has 4 nitrogen and oxygen atoms in total. The number of rotatable bonds is 7. The van der Waals surface area contributed by atoms with Gasteiger partial charge in [0, 0.05) is 25.7 Å². The zero-order chi connectivity index (χ0) is 16.9. The van der Waals surface area contributed by atoms with Crippen LogP contribution in [0.5, 0.6) is 11.5 Å². The second-order valence-electron chi connectivity index (χ2n) is 6.65. The molecule has 1 aliphatic heterocycles. The van der Waals surface area contributed by atoms with Gasteiger partial charge >= 0.3 is 0 Å². The van der Waals surface area contributed by atoms with Crippen LogP contribution in [0.25, 0.3) is 0 Å². The standard InChI is InChI=1S/C20H27N3O/c1-22(2)11-6-12-23-15-16-9-10-18(13-19(16)20(23)14-21)24-17-7-4-3-5-8-17/h3-5,7-10,13,20H,6,11-12,14-15,21H2,1-2H3. The molecule has 1 unspecified atom stereocenters. The molecule has 0 aliphatic carbocycles. The second kappa shape index (κ2) is 7.79. The van der Waals surface area contributed by atoms with Gasteiger partial charge in [0.2, 0.25) is 0 Å². The van der Waals surface area contributed by atoms with Crippen LogP contribution in [0, 0.1) is 0 Å². The molecule has 0 saturated heterocycles. The van der Waals surface area contributed by atoms with Crippen LogP contribution in [0.3, 0.4) is 0 Å². The third kappa shape index (κ3) is 3.96. The lowest BCUT2D eigenvalue weighted by Crippen LogP contribution is -2.30. The van der Waals surface area contributed by atoms with Gasteiger partial charge in [-0.05, 0) is 62.5 Å². The van der Waals surface area contributed by atoms with Crippen LogP contribution in [-0.4, -0.2) is 43.5 Å². The van der Waals surface area contributed by atoms with Crippen molar-refractivity contribution in [2.75, 3.05) is 33.7 Å². The number of para-hydroxylation sites is 1. The zero-order valence-electron chi connectivity index (χ0n) is 14.6. The van der Waals surface area contributed by atoms with E-state index >= 15 is 0 Å². The summed E-state index contributed by atoms with van der Waals surface area (Å²) in [6, 6.07) is 16.6. The predicted molar refractivity (Wildman–Crippen MR) is 98.3 cm³/mol. The third-order valence-electron chi connectivity index (χ3n) is 4.54. The van der Waals surface area contributed by atoms with Crippen LogP contribution in [-0.2, 0) is 6.54 Å². The first-order valence-corrected chi connectivity index (χ1v) is 8.62. The Morgan fingerprint density at radius 1 is 1.12 bits per heavy atom. The maximum atomic E-state index is 6.08. The Labute approximate surface area is 144 Å². The fraction of sp³-hybridized carbons (Fsp3) is 0.400. The van der Waals surface area contributed by atoms with Gasteiger partial charge in [-0.3, -0.25) is 4.90 Å². The second-order valence-corrected chi connectivity index (χ2v) is 6.65. The number of benzene rings is 2. The summed E-state index contributed by atoms with van der Waals surface area (Å²) in [6.45, 7) is 3.80. The summed E-state index contributed by atoms with van der Waals surface area (Å²) in [4.78, 5) is 4.72. The first kappa shape index (κ1) is 17.0. The van der Waals surface area contributed by atoms with Crippen molar-refractivity contribution in [2.45, 2.75) is 19.0 Å². The van der Waals surface area contributed by atoms with E-state index in [1.54, 1.807) is 0 Å². The molecule has 0 saturated carbocycles. The van der Waals surface area contributed by atoms with Crippen LogP contribution in [0.4, 0.5) is 0 Å². The number of hydrogen-bond donors (Lipinski definition) is 1. The number of nitrogens with zero attached hydrogens (tertiary/aromatic N) is 2. The molecular formula is C20H27N3O. The highest BCUT2D eigenvalue weighted by Gasteiger charge is 2.29. The Morgan fingerprint density at radius 3 is 2.62 bits per heavy atom. The predicted octanol–water partition coefficient (Wildman–Crippen LogP) is 3.25. The summed E-state index contributed by atoms with van der Waals surface area (Å²) in [5.74, 6) is 1.75. The summed E-state index contributed by atoms with van der Waals surface area (Å²) in [5, 5.41) is 0. The Balaban J connectivity index is 1.71. The minimum absolute atomic E-state index is 0.293. The number of hydrogen-bond acceptors (Lipinski definition) is 4. The fourth-order valence-electron chi connectivity index (χ4n) is 3.34. The van der Waals surface area contributed by atoms with Crippen LogP contribution in [0.1, 0.15) is 23.6 Å². The van der Waals surface area contributed by atoms with Gasteiger partial charge in [0.1, 0.15) is 11.5 Å². The first-order valence-electron chi connectivity index (χ1n) is 8.62. The molecule has 0 radical (unpaired) electrons. The van der Waals surface area contributed by atoms with Gasteiger partial charge in [0.05, 0.1) is 0 Å². The summed E-state index contributed by atoms with van der Waals surface area (Å²) < 4.78 is 5.98. The molecule has 0 fully saturated rings. The van der Waals surface area contributed by atoms with Crippen molar-refractivity contribution in [1.82, 2.24) is 9.80 Å². The molecule has 0 spiro atoms. The summed E-state index contributed by atoms with van der Waals surface area (Å²) in [6.07, 6.45) is 1.16. The topological polar surface area (TPSA) is 41.7 Å². The largest absolute Gasteiger partial charge is 0.457 e. The van der Waals surface area contributed by atoms with E-state index < -0.39 is 0 Å². The Bertz CT molecular complexity index is 657. The molecule has 128 valence electrons. The van der Waals surface area contributed by atoms with Gasteiger partial charge in [-0.15, -0.1) is 0 Å². The van der Waals surface area contributed by atoms with Gasteiger partial charge in [0.15, 0.2) is 0 Å². The lowest BCUT2D eigenvalue weighted by atomic mass is 10.0. The van der Waals surface area contributed by atoms with E-state index in [1.807, 2.05) is 30.3 Å². The van der Waals surface area contributed by atoms with Crippen molar-refractivity contribution < 1.29 is 4.74 Å². The van der Waals surface area contributed by atoms with Gasteiger partial charge in [-0.2, -0.15) is 0 Å². The molecule has 0 aromatic heterocycles. The van der Waals surface area contributed by atoms with Crippen molar-refractivity contribution in [3.8, 4) is 11.5 Å². The molecular weight excluding hydrogens is 298 g/mol. The molecule has 24 heavy (non-hydrogen) atoms. The van der Waals surface area contributed by atoms with E-state index in [-0.39, 0.29) is 0 Å². The van der Waals surface area contributed by atoms with Crippen LogP contribution >= 0.6 is 0 Å². The van der Waals surface area contributed by atoms with E-state index in [1.165, 1.54) is 11.1 Å². The van der Waals surface area contributed by atoms with E-state index in [4.69, 9.17) is 10.5 Å². The lowest BCUT2D eigenvalue weighted by molar-refractivity contribution is 0.208. The fourth-order valence-corrected chi connectivity index (χ4v) is 3.34. The smallest absolute Gasteiger partial charge is 0.127 e. The average Bonchev–Trinajstić information content (AvgIpc) is 2.92. The highest BCUT2D eigenvalue weighted by atomic mass is 16.5. The highest BCUT2D eigenvalue weighted by molar-refractivity contribution is 5.42. The lowest BCUT2D eigenvalue weighted by Gasteiger charge is -2.24. The zero-order valence-corrected chi connectivity index (χ0v) is 14.6. The van der Waals surface area contributed by atoms with Gasteiger partial charge in [-0.25, -0.2) is 0 Å². The third-order valence-corrected chi connectivity index (χ3v) is 4.54. The van der Waals surface area contributed by atoms with Crippen molar-refractivity contribution in [3.05, 3.63) is 59.7 Å². The molecule has 1 heterocycles. The highest BCUT2D eigenvalue weighted by Crippen LogP contribution is 2.36. The number of nitrogens with two attached hydrogens (primary N) is 1. The molecule has 1 aliphatic rings. The Hall–Kier alpha value is -1.88. The monoisotopic (exact) mass is 325 g/mol. The van der Waals surface area contributed by atoms with Crippen LogP contribution in [0.2, 0.25) is 0 Å². The SMILES string of the molecule is CN(C)CCCN1Cc2ccc(Oc3ccccc3)cc2C1CN. The molecule has 0 bridgehead atoms. The molecule has 2 aromatic carbocycles. The van der Waals surface area contributed by atoms with Crippen LogP contribution in [0.15, 0.2) is 48.5 Å². The molecule has 4 heteroatoms. The maximum Gasteiger partial charge on any atom is 0.127 e. The van der Waals surface area contributed by atoms with Gasteiger partial charge < -0.3 is 15.4 Å². The summed E-state index contributed by atoms with van der Waals surface area (Å²) in [5.41, 5.74) is 8.77. The van der Waals surface area contributed by atoms with Crippen molar-refractivity contribution in [3.63, 3.8) is 0 Å². The van der Waals surface area contributed by atoms with Gasteiger partial charge in [0.25, 0.3) is 0 Å². The minimum Gasteiger partial charge on any atom is -0.457 e. The normalized spacial score (nSPS) is 17.2. The number of fused-ring (bicyclic) bond motifs is 1. The van der Waals surface area contributed by atoms with E-state index in [0.29, 0.717) is 12.6 Å². The van der Waals surface area contributed by atoms with Crippen LogP contribution < -0.4 is 10.5 Å². The van der Waals surface area contributed by atoms with E-state index in [0.717, 1.165) is 37.6 Å². The molecule has 1 atom stereocenters. The molecule has 3 rings (SSSR count). The number of ether oxygens (including phenoxy) is 1. The van der Waals surface area contributed by atoms with Crippen molar-refractivity contribution in [1.29, 1.82) is 0 Å². The minimum atomic E-state index is 0.293. The quantitative estimate of drug-likeness (QED) is 0.848. The Kier molecular flexibility index (Phi) is 5.51. The Morgan fingerprint density at radius 2 is 1.92 bits per heavy atom. The van der Waals surface area contributed by atoms with E-state index in [9.17, 15) is 0 Å². The average molecular weight is 325 g/mol.